The topological polar surface area (TPSA) is 43.4 Å². The SMILES string of the molecule is CCOC(=O)C(Cc1cc(C)cs1)C(=O)C(F)(F)F. The summed E-state index contributed by atoms with van der Waals surface area (Å²) in [6.45, 7) is 3.19. The smallest absolute Gasteiger partial charge is 0.450 e. The lowest BCUT2D eigenvalue weighted by molar-refractivity contribution is -0.180. The van der Waals surface area contributed by atoms with E-state index in [1.165, 1.54) is 18.3 Å². The van der Waals surface area contributed by atoms with Crippen LogP contribution < -0.4 is 0 Å². The molecule has 19 heavy (non-hydrogen) atoms. The molecule has 0 saturated heterocycles. The fourth-order valence-electron chi connectivity index (χ4n) is 1.52. The molecule has 1 atom stereocenters. The second kappa shape index (κ2) is 6.18. The minimum Gasteiger partial charge on any atom is -0.465 e. The molecule has 106 valence electrons. The summed E-state index contributed by atoms with van der Waals surface area (Å²) in [5, 5.41) is 1.75. The van der Waals surface area contributed by atoms with E-state index in [0.29, 0.717) is 4.88 Å². The summed E-state index contributed by atoms with van der Waals surface area (Å²) in [5.41, 5.74) is 0.877. The van der Waals surface area contributed by atoms with Gasteiger partial charge in [0.2, 0.25) is 0 Å². The van der Waals surface area contributed by atoms with E-state index < -0.39 is 23.8 Å². The van der Waals surface area contributed by atoms with Gasteiger partial charge in [0.25, 0.3) is 5.78 Å². The van der Waals surface area contributed by atoms with Gasteiger partial charge < -0.3 is 4.74 Å². The van der Waals surface area contributed by atoms with Gasteiger partial charge in [0.05, 0.1) is 6.61 Å². The fraction of sp³-hybridized carbons (Fsp3) is 0.500. The minimum atomic E-state index is -5.04. The standard InChI is InChI=1S/C12H13F3O3S/c1-3-18-11(17)9(10(16)12(13,14)15)5-8-4-7(2)6-19-8/h4,6,9H,3,5H2,1-2H3. The molecular weight excluding hydrogens is 281 g/mol. The van der Waals surface area contributed by atoms with Gasteiger partial charge in [-0.05, 0) is 30.9 Å². The van der Waals surface area contributed by atoms with Gasteiger partial charge in [0.15, 0.2) is 0 Å². The molecule has 1 rings (SSSR count). The number of thiophene rings is 1. The second-order valence-corrected chi connectivity index (χ2v) is 4.96. The summed E-state index contributed by atoms with van der Waals surface area (Å²) in [5.74, 6) is -5.01. The van der Waals surface area contributed by atoms with Crippen LogP contribution in [0.4, 0.5) is 13.2 Å². The van der Waals surface area contributed by atoms with Gasteiger partial charge in [-0.2, -0.15) is 13.2 Å². The first kappa shape index (κ1) is 15.7. The third-order valence-corrected chi connectivity index (χ3v) is 3.43. The Morgan fingerprint density at radius 1 is 1.42 bits per heavy atom. The van der Waals surface area contributed by atoms with Crippen molar-refractivity contribution < 1.29 is 27.5 Å². The summed E-state index contributed by atoms with van der Waals surface area (Å²) in [6.07, 6.45) is -5.32. The summed E-state index contributed by atoms with van der Waals surface area (Å²) < 4.78 is 41.9. The monoisotopic (exact) mass is 294 g/mol. The van der Waals surface area contributed by atoms with Gasteiger partial charge in [-0.25, -0.2) is 0 Å². The van der Waals surface area contributed by atoms with Crippen LogP contribution in [0.5, 0.6) is 0 Å². The van der Waals surface area contributed by atoms with Crippen molar-refractivity contribution >= 4 is 23.1 Å². The molecule has 1 aromatic heterocycles. The number of rotatable bonds is 5. The molecule has 3 nitrogen and oxygen atoms in total. The number of esters is 1. The van der Waals surface area contributed by atoms with Crippen LogP contribution in [0.25, 0.3) is 0 Å². The second-order valence-electron chi connectivity index (χ2n) is 3.96. The van der Waals surface area contributed by atoms with Gasteiger partial charge in [-0.3, -0.25) is 9.59 Å². The van der Waals surface area contributed by atoms with Crippen LogP contribution in [-0.4, -0.2) is 24.5 Å². The van der Waals surface area contributed by atoms with E-state index in [0.717, 1.165) is 5.56 Å². The van der Waals surface area contributed by atoms with Crippen LogP contribution in [0, 0.1) is 12.8 Å². The normalized spacial score (nSPS) is 13.1. The zero-order chi connectivity index (χ0) is 14.6. The molecule has 7 heteroatoms. The number of halogens is 3. The van der Waals surface area contributed by atoms with Crippen LogP contribution >= 0.6 is 11.3 Å². The van der Waals surface area contributed by atoms with E-state index in [4.69, 9.17) is 0 Å². The Labute approximate surface area is 112 Å². The fourth-order valence-corrected chi connectivity index (χ4v) is 2.44. The molecular formula is C12H13F3O3S. The molecule has 0 fully saturated rings. The predicted octanol–water partition coefficient (Wildman–Crippen LogP) is 2.91. The maximum Gasteiger partial charge on any atom is 0.450 e. The van der Waals surface area contributed by atoms with Crippen molar-refractivity contribution in [3.8, 4) is 0 Å². The number of hydrogen-bond donors (Lipinski definition) is 0. The number of alkyl halides is 3. The average molecular weight is 294 g/mol. The summed E-state index contributed by atoms with van der Waals surface area (Å²) >= 11 is 1.21. The van der Waals surface area contributed by atoms with Crippen LogP contribution in [0.15, 0.2) is 11.4 Å². The minimum absolute atomic E-state index is 0.0655. The zero-order valence-electron chi connectivity index (χ0n) is 10.4. The van der Waals surface area contributed by atoms with Crippen molar-refractivity contribution in [1.82, 2.24) is 0 Å². The Balaban J connectivity index is 2.92. The lowest BCUT2D eigenvalue weighted by Crippen LogP contribution is -2.37. The van der Waals surface area contributed by atoms with Gasteiger partial charge in [-0.15, -0.1) is 11.3 Å². The van der Waals surface area contributed by atoms with Crippen molar-refractivity contribution in [2.45, 2.75) is 26.4 Å². The Hall–Kier alpha value is -1.37. The van der Waals surface area contributed by atoms with Crippen molar-refractivity contribution in [2.24, 2.45) is 5.92 Å². The Kier molecular flexibility index (Phi) is 5.11. The number of ketones is 1. The maximum atomic E-state index is 12.5. The molecule has 0 N–H and O–H groups in total. The molecule has 1 unspecified atom stereocenters. The first-order valence-corrected chi connectivity index (χ1v) is 6.45. The average Bonchev–Trinajstić information content (AvgIpc) is 2.70. The van der Waals surface area contributed by atoms with Crippen LogP contribution in [-0.2, 0) is 20.7 Å². The van der Waals surface area contributed by atoms with Gasteiger partial charge in [-0.1, -0.05) is 0 Å². The number of ether oxygens (including phenoxy) is 1. The van der Waals surface area contributed by atoms with Crippen LogP contribution in [0.2, 0.25) is 0 Å². The highest BCUT2D eigenvalue weighted by Gasteiger charge is 2.46. The third-order valence-electron chi connectivity index (χ3n) is 2.36. The Bertz CT molecular complexity index is 465. The molecule has 0 spiro atoms. The molecule has 0 bridgehead atoms. The predicted molar refractivity (Wildman–Crippen MR) is 63.9 cm³/mol. The molecule has 1 aromatic rings. The van der Waals surface area contributed by atoms with E-state index in [1.54, 1.807) is 18.4 Å². The quantitative estimate of drug-likeness (QED) is 0.619. The van der Waals surface area contributed by atoms with Gasteiger partial charge in [0, 0.05) is 11.3 Å². The molecule has 0 radical (unpaired) electrons. The largest absolute Gasteiger partial charge is 0.465 e. The lowest BCUT2D eigenvalue weighted by atomic mass is 9.98. The van der Waals surface area contributed by atoms with E-state index in [9.17, 15) is 22.8 Å². The van der Waals surface area contributed by atoms with Gasteiger partial charge >= 0.3 is 12.1 Å². The molecule has 0 aliphatic carbocycles. The lowest BCUT2D eigenvalue weighted by Gasteiger charge is -2.15. The third kappa shape index (κ3) is 4.34. The molecule has 0 aromatic carbocycles. The highest BCUT2D eigenvalue weighted by atomic mass is 32.1. The van der Waals surface area contributed by atoms with Crippen molar-refractivity contribution in [1.29, 1.82) is 0 Å². The molecule has 0 saturated carbocycles. The first-order valence-electron chi connectivity index (χ1n) is 5.57. The zero-order valence-corrected chi connectivity index (χ0v) is 11.2. The van der Waals surface area contributed by atoms with Gasteiger partial charge in [0.1, 0.15) is 5.92 Å². The van der Waals surface area contributed by atoms with E-state index in [2.05, 4.69) is 4.74 Å². The number of carbonyl (C=O) groups is 2. The van der Waals surface area contributed by atoms with Crippen LogP contribution in [0.1, 0.15) is 17.4 Å². The highest BCUT2D eigenvalue weighted by Crippen LogP contribution is 2.26. The molecule has 0 aliphatic rings. The molecule has 0 amide bonds. The Morgan fingerprint density at radius 2 is 2.05 bits per heavy atom. The number of aryl methyl sites for hydroxylation is 1. The Morgan fingerprint density at radius 3 is 2.47 bits per heavy atom. The maximum absolute atomic E-state index is 12.5. The molecule has 0 aliphatic heterocycles. The van der Waals surface area contributed by atoms with Crippen molar-refractivity contribution in [3.05, 3.63) is 21.9 Å². The van der Waals surface area contributed by atoms with Crippen molar-refractivity contribution in [3.63, 3.8) is 0 Å². The van der Waals surface area contributed by atoms with E-state index in [-0.39, 0.29) is 13.0 Å². The van der Waals surface area contributed by atoms with E-state index in [1.807, 2.05) is 0 Å². The first-order chi connectivity index (χ1) is 8.75. The van der Waals surface area contributed by atoms with Crippen molar-refractivity contribution in [2.75, 3.05) is 6.61 Å². The summed E-state index contributed by atoms with van der Waals surface area (Å²) in [7, 11) is 0. The van der Waals surface area contributed by atoms with E-state index >= 15 is 0 Å². The number of hydrogen-bond acceptors (Lipinski definition) is 4. The summed E-state index contributed by atoms with van der Waals surface area (Å²) in [4.78, 5) is 23.3. The molecule has 1 heterocycles. The number of carbonyl (C=O) groups excluding carboxylic acids is 2. The summed E-state index contributed by atoms with van der Waals surface area (Å²) in [6, 6.07) is 1.65. The highest BCUT2D eigenvalue weighted by molar-refractivity contribution is 7.10. The number of Topliss-reactive ketones (excluding diaryl/α,β-unsaturated/α-hetero) is 1. The van der Waals surface area contributed by atoms with Crippen LogP contribution in [0.3, 0.4) is 0 Å².